The van der Waals surface area contributed by atoms with E-state index in [1.165, 1.54) is 13.2 Å². The molecule has 1 aliphatic heterocycles. The molecule has 7 heteroatoms. The molecule has 6 nitrogen and oxygen atoms in total. The Morgan fingerprint density at radius 2 is 2.13 bits per heavy atom. The number of methoxy groups -OCH3 is 1. The fourth-order valence-electron chi connectivity index (χ4n) is 4.87. The third-order valence-electron chi connectivity index (χ3n) is 6.57. The Balaban J connectivity index is 1.50. The summed E-state index contributed by atoms with van der Waals surface area (Å²) in [6.07, 6.45) is 6.77. The Hall–Kier alpha value is -2.80. The van der Waals surface area contributed by atoms with Gasteiger partial charge < -0.3 is 13.9 Å². The zero-order chi connectivity index (χ0) is 21.1. The number of benzene rings is 1. The number of ketones is 1. The number of halogens is 1. The molecule has 156 valence electrons. The van der Waals surface area contributed by atoms with E-state index in [1.54, 1.807) is 25.3 Å². The van der Waals surface area contributed by atoms with Gasteiger partial charge in [0, 0.05) is 17.8 Å². The minimum Gasteiger partial charge on any atom is -0.478 e. The van der Waals surface area contributed by atoms with Gasteiger partial charge in [0.15, 0.2) is 5.78 Å². The summed E-state index contributed by atoms with van der Waals surface area (Å²) in [6.45, 7) is 4.47. The Morgan fingerprint density at radius 1 is 1.30 bits per heavy atom. The number of imidazole rings is 1. The van der Waals surface area contributed by atoms with E-state index in [0.717, 1.165) is 25.0 Å². The second-order valence-electron chi connectivity index (χ2n) is 8.83. The Morgan fingerprint density at radius 3 is 2.80 bits per heavy atom. The number of carbonyl (C=O) groups excluding carboxylic acids is 1. The zero-order valence-corrected chi connectivity index (χ0v) is 17.4. The maximum absolute atomic E-state index is 14.4. The third-order valence-corrected chi connectivity index (χ3v) is 6.57. The Labute approximate surface area is 174 Å². The van der Waals surface area contributed by atoms with Crippen molar-refractivity contribution in [2.24, 2.45) is 0 Å². The summed E-state index contributed by atoms with van der Waals surface area (Å²) in [5.74, 6) is -0.447. The number of hydrogen-bond donors (Lipinski definition) is 0. The van der Waals surface area contributed by atoms with Crippen LogP contribution in [0.15, 0.2) is 30.6 Å². The van der Waals surface area contributed by atoms with Crippen LogP contribution in [0.5, 0.6) is 5.88 Å². The van der Waals surface area contributed by atoms with Gasteiger partial charge in [-0.2, -0.15) is 0 Å². The summed E-state index contributed by atoms with van der Waals surface area (Å²) in [5, 5.41) is 0. The van der Waals surface area contributed by atoms with Crippen LogP contribution in [-0.2, 0) is 16.6 Å². The molecule has 2 aromatic heterocycles. The number of rotatable bonds is 5. The van der Waals surface area contributed by atoms with Crippen molar-refractivity contribution < 1.29 is 18.7 Å². The first-order valence-electron chi connectivity index (χ1n) is 10.2. The van der Waals surface area contributed by atoms with Gasteiger partial charge in [-0.15, -0.1) is 0 Å². The molecule has 2 atom stereocenters. The van der Waals surface area contributed by atoms with Gasteiger partial charge in [0.1, 0.15) is 5.82 Å². The van der Waals surface area contributed by atoms with Gasteiger partial charge in [-0.05, 0) is 44.7 Å². The molecule has 2 bridgehead atoms. The van der Waals surface area contributed by atoms with Gasteiger partial charge in [0.05, 0.1) is 42.7 Å². The molecule has 2 unspecified atom stereocenters. The molecule has 1 saturated carbocycles. The molecule has 1 aliphatic carbocycles. The second kappa shape index (κ2) is 6.60. The topological polar surface area (TPSA) is 65.7 Å². The highest BCUT2D eigenvalue weighted by Crippen LogP contribution is 2.53. The fourth-order valence-corrected chi connectivity index (χ4v) is 4.87. The van der Waals surface area contributed by atoms with E-state index in [0.29, 0.717) is 29.4 Å². The first-order valence-corrected chi connectivity index (χ1v) is 10.2. The van der Waals surface area contributed by atoms with Crippen LogP contribution in [0.4, 0.5) is 4.39 Å². The molecule has 2 fully saturated rings. The molecule has 1 aromatic carbocycles. The molecule has 30 heavy (non-hydrogen) atoms. The summed E-state index contributed by atoms with van der Waals surface area (Å²) in [7, 11) is 1.53. The first-order chi connectivity index (χ1) is 14.3. The van der Waals surface area contributed by atoms with Crippen molar-refractivity contribution in [2.75, 3.05) is 13.7 Å². The molecule has 0 radical (unpaired) electrons. The number of fused-ring (bicyclic) bond motifs is 3. The van der Waals surface area contributed by atoms with Crippen molar-refractivity contribution in [3.05, 3.63) is 58.9 Å². The highest BCUT2D eigenvalue weighted by molar-refractivity contribution is 5.97. The lowest BCUT2D eigenvalue weighted by Crippen LogP contribution is -2.26. The zero-order valence-electron chi connectivity index (χ0n) is 17.4. The molecule has 0 amide bonds. The largest absolute Gasteiger partial charge is 0.478 e. The Kier molecular flexibility index (Phi) is 4.22. The van der Waals surface area contributed by atoms with E-state index in [9.17, 15) is 9.18 Å². The second-order valence-corrected chi connectivity index (χ2v) is 8.83. The average molecular weight is 409 g/mol. The number of aromatic nitrogens is 3. The van der Waals surface area contributed by atoms with Gasteiger partial charge in [0.25, 0.3) is 5.88 Å². The minimum atomic E-state index is -0.481. The lowest BCUT2D eigenvalue weighted by Gasteiger charge is -2.24. The van der Waals surface area contributed by atoms with Crippen molar-refractivity contribution in [3.8, 4) is 5.88 Å². The van der Waals surface area contributed by atoms with Gasteiger partial charge in [-0.1, -0.05) is 12.1 Å². The summed E-state index contributed by atoms with van der Waals surface area (Å²) < 4.78 is 27.7. The van der Waals surface area contributed by atoms with Crippen LogP contribution in [0.25, 0.3) is 5.65 Å². The van der Waals surface area contributed by atoms with Crippen LogP contribution in [0.1, 0.15) is 53.5 Å². The lowest BCUT2D eigenvalue weighted by atomic mass is 9.84. The molecular formula is C23H24FN3O3. The van der Waals surface area contributed by atoms with Crippen LogP contribution in [-0.4, -0.2) is 39.5 Å². The SMILES string of the molecule is COc1nc(CC(=O)c2cccc(C)c2F)cn2cc(C34CCC(C)(C3)OC4)nc12. The molecule has 3 aromatic rings. The van der Waals surface area contributed by atoms with E-state index in [4.69, 9.17) is 14.5 Å². The normalized spacial score (nSPS) is 25.2. The molecular weight excluding hydrogens is 385 g/mol. The number of nitrogens with zero attached hydrogens (tertiary/aromatic N) is 3. The summed E-state index contributed by atoms with van der Waals surface area (Å²) in [5.41, 5.74) is 2.47. The van der Waals surface area contributed by atoms with Gasteiger partial charge >= 0.3 is 0 Å². The van der Waals surface area contributed by atoms with E-state index in [2.05, 4.69) is 11.9 Å². The van der Waals surface area contributed by atoms with Gasteiger partial charge in [-0.3, -0.25) is 4.79 Å². The molecule has 0 N–H and O–H groups in total. The highest BCUT2D eigenvalue weighted by Gasteiger charge is 2.55. The number of aryl methyl sites for hydroxylation is 1. The van der Waals surface area contributed by atoms with Crippen molar-refractivity contribution in [1.82, 2.24) is 14.4 Å². The molecule has 3 heterocycles. The monoisotopic (exact) mass is 409 g/mol. The van der Waals surface area contributed by atoms with E-state index in [-0.39, 0.29) is 28.8 Å². The quantitative estimate of drug-likeness (QED) is 0.600. The summed E-state index contributed by atoms with van der Waals surface area (Å²) in [6, 6.07) is 4.84. The maximum Gasteiger partial charge on any atom is 0.258 e. The van der Waals surface area contributed by atoms with E-state index in [1.807, 2.05) is 10.6 Å². The van der Waals surface area contributed by atoms with Crippen molar-refractivity contribution in [1.29, 1.82) is 0 Å². The van der Waals surface area contributed by atoms with Gasteiger partial charge in [0.2, 0.25) is 5.65 Å². The van der Waals surface area contributed by atoms with Crippen LogP contribution >= 0.6 is 0 Å². The van der Waals surface area contributed by atoms with Gasteiger partial charge in [-0.25, -0.2) is 14.4 Å². The Bertz CT molecular complexity index is 1160. The van der Waals surface area contributed by atoms with Crippen LogP contribution in [0, 0.1) is 12.7 Å². The van der Waals surface area contributed by atoms with Crippen molar-refractivity contribution >= 4 is 11.4 Å². The predicted molar refractivity (Wildman–Crippen MR) is 109 cm³/mol. The smallest absolute Gasteiger partial charge is 0.258 e. The van der Waals surface area contributed by atoms with E-state index < -0.39 is 5.82 Å². The lowest BCUT2D eigenvalue weighted by molar-refractivity contribution is -0.00627. The number of Topliss-reactive ketones (excluding diaryl/α,β-unsaturated/α-hetero) is 1. The average Bonchev–Trinajstić information content (AvgIpc) is 3.40. The summed E-state index contributed by atoms with van der Waals surface area (Å²) >= 11 is 0. The van der Waals surface area contributed by atoms with Crippen molar-refractivity contribution in [2.45, 2.75) is 50.5 Å². The van der Waals surface area contributed by atoms with Crippen LogP contribution in [0.2, 0.25) is 0 Å². The maximum atomic E-state index is 14.4. The van der Waals surface area contributed by atoms with Crippen LogP contribution in [0.3, 0.4) is 0 Å². The third kappa shape index (κ3) is 2.91. The highest BCUT2D eigenvalue weighted by atomic mass is 19.1. The van der Waals surface area contributed by atoms with Crippen molar-refractivity contribution in [3.63, 3.8) is 0 Å². The number of ether oxygens (including phenoxy) is 2. The molecule has 1 saturated heterocycles. The first kappa shape index (κ1) is 19.2. The minimum absolute atomic E-state index is 0.0213. The molecule has 5 rings (SSSR count). The number of hydrogen-bond acceptors (Lipinski definition) is 5. The number of carbonyl (C=O) groups is 1. The summed E-state index contributed by atoms with van der Waals surface area (Å²) in [4.78, 5) is 22.0. The standard InChI is InChI=1S/C23H24FN3O3/c1-14-5-4-6-16(19(14)24)17(28)9-15-10-27-11-18(26-20(27)21(25-15)29-3)23-8-7-22(2,12-23)30-13-23/h4-6,10-11H,7-9,12-13H2,1-3H3. The molecule has 2 aliphatic rings. The fraction of sp³-hybridized carbons (Fsp3) is 0.435. The molecule has 0 spiro atoms. The van der Waals surface area contributed by atoms with Crippen LogP contribution < -0.4 is 4.74 Å². The van der Waals surface area contributed by atoms with E-state index >= 15 is 0 Å². The predicted octanol–water partition coefficient (Wildman–Crippen LogP) is 3.82.